The van der Waals surface area contributed by atoms with Gasteiger partial charge in [-0.15, -0.1) is 0 Å². The molecule has 0 radical (unpaired) electrons. The van der Waals surface area contributed by atoms with E-state index in [9.17, 15) is 33.3 Å². The fraction of sp³-hybridized carbons (Fsp3) is 0.278. The van der Waals surface area contributed by atoms with Gasteiger partial charge in [0.15, 0.2) is 18.4 Å². The Morgan fingerprint density at radius 2 is 1.25 bits per heavy atom. The largest absolute Gasteiger partial charge is 0.467 e. The average Bonchev–Trinajstić information content (AvgIpc) is 3.52. The molecule has 2 heterocycles. The fourth-order valence-electron chi connectivity index (χ4n) is 5.48. The van der Waals surface area contributed by atoms with Crippen LogP contribution in [0.3, 0.4) is 0 Å². The van der Waals surface area contributed by atoms with Gasteiger partial charge >= 0.3 is 31.2 Å². The zero-order valence-electron chi connectivity index (χ0n) is 28.9. The summed E-state index contributed by atoms with van der Waals surface area (Å²) in [4.78, 5) is 80.8. The summed E-state index contributed by atoms with van der Waals surface area (Å²) in [6.45, 7) is 0.643. The SMILES string of the molecule is COC(=O)C(OCC1OC(n2cc(C)c(=O)n(C(=O)c3ccccc3)c2=O)C(OC(=O)c2ccccc2)C1OC(=O)c1ccccc1)P(=O)(OC)OC. The molecule has 5 unspecified atom stereocenters. The van der Waals surface area contributed by atoms with Gasteiger partial charge in [0.25, 0.3) is 17.3 Å². The molecule has 0 spiro atoms. The van der Waals surface area contributed by atoms with Gasteiger partial charge in [0.05, 0.1) is 24.8 Å². The first kappa shape index (κ1) is 38.7. The van der Waals surface area contributed by atoms with Gasteiger partial charge in [-0.25, -0.2) is 19.2 Å². The number of aryl methyl sites for hydroxylation is 1. The van der Waals surface area contributed by atoms with Crippen molar-refractivity contribution in [2.45, 2.75) is 37.3 Å². The molecule has 16 nitrogen and oxygen atoms in total. The number of benzene rings is 3. The molecule has 1 aromatic heterocycles. The lowest BCUT2D eigenvalue weighted by Gasteiger charge is -2.26. The van der Waals surface area contributed by atoms with Gasteiger partial charge < -0.3 is 32.7 Å². The molecule has 1 aliphatic rings. The number of aromatic nitrogens is 2. The summed E-state index contributed by atoms with van der Waals surface area (Å²) in [5.74, 6) is -5.87. The molecule has 17 heteroatoms. The van der Waals surface area contributed by atoms with Crippen LogP contribution in [-0.2, 0) is 42.1 Å². The smallest absolute Gasteiger partial charge is 0.370 e. The first-order chi connectivity index (χ1) is 25.4. The average molecular weight is 751 g/mol. The number of esters is 3. The minimum Gasteiger partial charge on any atom is -0.467 e. The summed E-state index contributed by atoms with van der Waals surface area (Å²) < 4.78 is 53.0. The van der Waals surface area contributed by atoms with Crippen molar-refractivity contribution in [1.29, 1.82) is 0 Å². The van der Waals surface area contributed by atoms with Crippen molar-refractivity contribution in [3.63, 3.8) is 0 Å². The van der Waals surface area contributed by atoms with Crippen LogP contribution in [0.15, 0.2) is 107 Å². The van der Waals surface area contributed by atoms with Gasteiger partial charge in [0.1, 0.15) is 6.10 Å². The summed E-state index contributed by atoms with van der Waals surface area (Å²) in [5.41, 5.74) is -1.97. The van der Waals surface area contributed by atoms with Crippen molar-refractivity contribution >= 4 is 31.4 Å². The summed E-state index contributed by atoms with van der Waals surface area (Å²) in [7, 11) is -1.25. The number of ether oxygens (including phenoxy) is 5. The third-order valence-electron chi connectivity index (χ3n) is 8.19. The molecular weight excluding hydrogens is 715 g/mol. The van der Waals surface area contributed by atoms with Gasteiger partial charge in [0.2, 0.25) is 0 Å². The normalized spacial score (nSPS) is 18.9. The Kier molecular flexibility index (Phi) is 12.3. The van der Waals surface area contributed by atoms with E-state index in [1.54, 1.807) is 54.6 Å². The Balaban J connectivity index is 1.64. The predicted molar refractivity (Wildman–Crippen MR) is 184 cm³/mol. The Morgan fingerprint density at radius 3 is 1.74 bits per heavy atom. The molecule has 0 N–H and O–H groups in total. The highest BCUT2D eigenvalue weighted by atomic mass is 31.2. The monoisotopic (exact) mass is 750 g/mol. The number of carbonyl (C=O) groups is 4. The van der Waals surface area contributed by atoms with E-state index >= 15 is 0 Å². The van der Waals surface area contributed by atoms with Crippen molar-refractivity contribution in [3.8, 4) is 0 Å². The third-order valence-corrected chi connectivity index (χ3v) is 10.1. The highest BCUT2D eigenvalue weighted by molar-refractivity contribution is 7.55. The van der Waals surface area contributed by atoms with Gasteiger partial charge in [-0.1, -0.05) is 54.6 Å². The lowest BCUT2D eigenvalue weighted by atomic mass is 10.1. The second kappa shape index (κ2) is 16.9. The molecule has 1 saturated heterocycles. The van der Waals surface area contributed by atoms with Crippen LogP contribution in [0.25, 0.3) is 0 Å². The number of hydrogen-bond acceptors (Lipinski definition) is 14. The van der Waals surface area contributed by atoms with Crippen LogP contribution >= 0.6 is 7.60 Å². The quantitative estimate of drug-likeness (QED) is 0.110. The lowest BCUT2D eigenvalue weighted by molar-refractivity contribution is -0.153. The number of nitrogens with zero attached hydrogens (tertiary/aromatic N) is 2. The number of hydrogen-bond donors (Lipinski definition) is 0. The predicted octanol–water partition coefficient (Wildman–Crippen LogP) is 3.36. The zero-order valence-corrected chi connectivity index (χ0v) is 29.8. The number of carbonyl (C=O) groups excluding carboxylic acids is 4. The third kappa shape index (κ3) is 8.27. The summed E-state index contributed by atoms with van der Waals surface area (Å²) in [5, 5.41) is 0. The van der Waals surface area contributed by atoms with Crippen molar-refractivity contribution in [1.82, 2.24) is 9.13 Å². The van der Waals surface area contributed by atoms with Gasteiger partial charge in [-0.2, -0.15) is 4.57 Å². The Hall–Kier alpha value is -5.51. The molecule has 4 aromatic rings. The van der Waals surface area contributed by atoms with Gasteiger partial charge in [-0.3, -0.25) is 18.7 Å². The lowest BCUT2D eigenvalue weighted by Crippen LogP contribution is -2.48. The van der Waals surface area contributed by atoms with Crippen LogP contribution in [0.1, 0.15) is 42.9 Å². The molecule has 53 heavy (non-hydrogen) atoms. The Bertz CT molecular complexity index is 2110. The number of rotatable bonds is 13. The van der Waals surface area contributed by atoms with Crippen LogP contribution in [0.4, 0.5) is 0 Å². The van der Waals surface area contributed by atoms with Gasteiger partial charge in [0, 0.05) is 31.5 Å². The van der Waals surface area contributed by atoms with E-state index in [0.717, 1.165) is 32.1 Å². The first-order valence-corrected chi connectivity index (χ1v) is 17.6. The van der Waals surface area contributed by atoms with Crippen molar-refractivity contribution in [2.24, 2.45) is 0 Å². The molecule has 3 aromatic carbocycles. The molecule has 0 bridgehead atoms. The highest BCUT2D eigenvalue weighted by Crippen LogP contribution is 2.52. The summed E-state index contributed by atoms with van der Waals surface area (Å²) >= 11 is 0. The molecule has 0 saturated carbocycles. The maximum atomic E-state index is 14.1. The summed E-state index contributed by atoms with van der Waals surface area (Å²) in [6, 6.07) is 23.1. The molecule has 5 rings (SSSR count). The second-order valence-corrected chi connectivity index (χ2v) is 13.7. The van der Waals surface area contributed by atoms with Gasteiger partial charge in [-0.05, 0) is 43.3 Å². The van der Waals surface area contributed by atoms with E-state index in [-0.39, 0.29) is 22.3 Å². The summed E-state index contributed by atoms with van der Waals surface area (Å²) in [6.07, 6.45) is -5.31. The minimum absolute atomic E-state index is 0.0266. The fourth-order valence-corrected chi connectivity index (χ4v) is 6.64. The van der Waals surface area contributed by atoms with Crippen molar-refractivity contribution in [3.05, 3.63) is 140 Å². The highest BCUT2D eigenvalue weighted by Gasteiger charge is 2.53. The van der Waals surface area contributed by atoms with Crippen LogP contribution in [0, 0.1) is 6.92 Å². The van der Waals surface area contributed by atoms with Crippen LogP contribution in [-0.4, -0.2) is 85.0 Å². The molecule has 1 fully saturated rings. The second-order valence-electron chi connectivity index (χ2n) is 11.5. The van der Waals surface area contributed by atoms with Crippen LogP contribution in [0.2, 0.25) is 0 Å². The zero-order chi connectivity index (χ0) is 38.3. The standard InChI is InChI=1S/C36H35N2O14P/c1-22-20-37(36(44)38(29(22)39)30(40)23-14-8-5-9-15-23)31-28(52-33(42)25-18-12-7-13-19-25)27(51-32(41)24-16-10-6-11-17-24)26(50-31)21-49-35(34(43)46-2)53(45,47-3)48-4/h5-20,26-28,31,35H,21H2,1-4H3. The molecule has 0 aliphatic carbocycles. The molecular formula is C36H35N2O14P. The molecule has 5 atom stereocenters. The van der Waals surface area contributed by atoms with Crippen molar-refractivity contribution < 1.29 is 56.5 Å². The van der Waals surface area contributed by atoms with E-state index in [4.69, 9.17) is 32.7 Å². The Labute approximate surface area is 302 Å². The van der Waals surface area contributed by atoms with E-state index in [1.165, 1.54) is 43.3 Å². The van der Waals surface area contributed by atoms with Crippen LogP contribution in [0.5, 0.6) is 0 Å². The molecule has 1 aliphatic heterocycles. The minimum atomic E-state index is -4.31. The first-order valence-electron chi connectivity index (χ1n) is 16.0. The Morgan fingerprint density at radius 1 is 0.755 bits per heavy atom. The van der Waals surface area contributed by atoms with Crippen LogP contribution < -0.4 is 11.2 Å². The maximum absolute atomic E-state index is 14.1. The molecule has 278 valence electrons. The van der Waals surface area contributed by atoms with E-state index in [1.807, 2.05) is 0 Å². The maximum Gasteiger partial charge on any atom is 0.370 e. The van der Waals surface area contributed by atoms with E-state index < -0.39 is 79.7 Å². The molecule has 0 amide bonds. The van der Waals surface area contributed by atoms with Crippen molar-refractivity contribution in [2.75, 3.05) is 27.9 Å². The van der Waals surface area contributed by atoms with E-state index in [2.05, 4.69) is 0 Å². The number of methoxy groups -OCH3 is 1. The topological polar surface area (TPSA) is 194 Å². The van der Waals surface area contributed by atoms with E-state index in [0.29, 0.717) is 4.57 Å².